The van der Waals surface area contributed by atoms with Gasteiger partial charge in [-0.15, -0.1) is 0 Å². The zero-order valence-electron chi connectivity index (χ0n) is 15.6. The first-order chi connectivity index (χ1) is 13.4. The minimum atomic E-state index is -1.80. The van der Waals surface area contributed by atoms with Crippen molar-refractivity contribution < 1.29 is 23.3 Å². The van der Waals surface area contributed by atoms with Crippen molar-refractivity contribution in [3.8, 4) is 0 Å². The average molecular weight is 482 g/mol. The lowest BCUT2D eigenvalue weighted by Crippen LogP contribution is -2.71. The molecule has 0 radical (unpaired) electrons. The predicted molar refractivity (Wildman–Crippen MR) is 110 cm³/mol. The fourth-order valence-corrected chi connectivity index (χ4v) is 5.59. The Labute approximate surface area is 185 Å². The number of β-lactam (4-membered cyclic amide) rings is 1. The van der Waals surface area contributed by atoms with Gasteiger partial charge in [0.1, 0.15) is 24.1 Å². The van der Waals surface area contributed by atoms with E-state index in [0.29, 0.717) is 0 Å². The Morgan fingerprint density at radius 2 is 1.86 bits per heavy atom. The van der Waals surface area contributed by atoms with Gasteiger partial charge in [-0.2, -0.15) is 0 Å². The van der Waals surface area contributed by atoms with Gasteiger partial charge in [0.2, 0.25) is 15.6 Å². The standard InChI is InChI=1S/C18H19Cl3N2O5S/c1-17(2)13(16(26)28-9-18(19,20)21)23-14(25)12(15(23)29(17)27)22-11(24)8-10-6-4-3-5-7-10/h3-7,12-13,15H,8-9H2,1-2H3,(H,22,24)/t12-,13+,15+,29-/m0/s1. The molecule has 2 aliphatic heterocycles. The molecule has 0 bridgehead atoms. The largest absolute Gasteiger partial charge is 0.460 e. The van der Waals surface area contributed by atoms with Crippen LogP contribution in [0.1, 0.15) is 19.4 Å². The minimum Gasteiger partial charge on any atom is -0.460 e. The van der Waals surface area contributed by atoms with Crippen LogP contribution in [0.15, 0.2) is 30.3 Å². The highest BCUT2D eigenvalue weighted by atomic mass is 35.6. The monoisotopic (exact) mass is 480 g/mol. The number of nitrogens with one attached hydrogen (secondary N) is 1. The molecule has 0 spiro atoms. The number of carbonyl (C=O) groups excluding carboxylic acids is 3. The van der Waals surface area contributed by atoms with E-state index >= 15 is 0 Å². The van der Waals surface area contributed by atoms with Gasteiger partial charge >= 0.3 is 5.97 Å². The third-order valence-electron chi connectivity index (χ3n) is 4.88. The van der Waals surface area contributed by atoms with E-state index in [1.54, 1.807) is 38.1 Å². The maximum atomic E-state index is 13.0. The number of benzene rings is 1. The molecule has 1 aromatic rings. The van der Waals surface area contributed by atoms with Gasteiger partial charge in [0.05, 0.1) is 22.0 Å². The second kappa shape index (κ2) is 8.06. The van der Waals surface area contributed by atoms with Crippen molar-refractivity contribution in [2.45, 2.75) is 46.3 Å². The topological polar surface area (TPSA) is 92.8 Å². The van der Waals surface area contributed by atoms with Crippen LogP contribution in [0.25, 0.3) is 0 Å². The maximum absolute atomic E-state index is 13.0. The molecular formula is C18H19Cl3N2O5S. The molecular weight excluding hydrogens is 463 g/mol. The number of halogens is 3. The lowest BCUT2D eigenvalue weighted by Gasteiger charge is -2.43. The van der Waals surface area contributed by atoms with Crippen LogP contribution in [0.5, 0.6) is 0 Å². The van der Waals surface area contributed by atoms with E-state index in [0.717, 1.165) is 5.56 Å². The molecule has 29 heavy (non-hydrogen) atoms. The fourth-order valence-electron chi connectivity index (χ4n) is 3.51. The van der Waals surface area contributed by atoms with Crippen molar-refractivity contribution in [3.63, 3.8) is 0 Å². The molecule has 158 valence electrons. The molecule has 7 nitrogen and oxygen atoms in total. The van der Waals surface area contributed by atoms with Gasteiger partial charge in [-0.25, -0.2) is 4.79 Å². The molecule has 11 heteroatoms. The summed E-state index contributed by atoms with van der Waals surface area (Å²) in [6, 6.07) is 6.97. The van der Waals surface area contributed by atoms with Crippen molar-refractivity contribution in [2.24, 2.45) is 0 Å². The van der Waals surface area contributed by atoms with Gasteiger partial charge in [-0.1, -0.05) is 65.1 Å². The van der Waals surface area contributed by atoms with Crippen LogP contribution in [-0.4, -0.2) is 59.5 Å². The number of hydrogen-bond acceptors (Lipinski definition) is 5. The molecule has 1 N–H and O–H groups in total. The molecule has 3 rings (SSSR count). The van der Waals surface area contributed by atoms with E-state index in [4.69, 9.17) is 39.5 Å². The first kappa shape index (κ1) is 22.3. The molecule has 2 amide bonds. The van der Waals surface area contributed by atoms with Crippen LogP contribution in [0, 0.1) is 0 Å². The van der Waals surface area contributed by atoms with Crippen molar-refractivity contribution >= 4 is 63.4 Å². The van der Waals surface area contributed by atoms with Crippen LogP contribution in [0.3, 0.4) is 0 Å². The number of alkyl halides is 3. The SMILES string of the molecule is CC1(C)[C@@H](C(=O)OCC(Cl)(Cl)Cl)N2C(=O)[C@H](NC(=O)Cc3ccccc3)[C@H]2[S@@]1=O. The van der Waals surface area contributed by atoms with Crippen LogP contribution < -0.4 is 5.32 Å². The van der Waals surface area contributed by atoms with Gasteiger partial charge in [0.25, 0.3) is 0 Å². The second-order valence-electron chi connectivity index (χ2n) is 7.37. The van der Waals surface area contributed by atoms with Crippen LogP contribution >= 0.6 is 34.8 Å². The Morgan fingerprint density at radius 1 is 1.24 bits per heavy atom. The molecule has 0 aromatic heterocycles. The highest BCUT2D eigenvalue weighted by Gasteiger charge is 2.68. The number of esters is 1. The van der Waals surface area contributed by atoms with Crippen molar-refractivity contribution in [3.05, 3.63) is 35.9 Å². The van der Waals surface area contributed by atoms with Gasteiger partial charge < -0.3 is 15.0 Å². The van der Waals surface area contributed by atoms with Crippen molar-refractivity contribution in [1.29, 1.82) is 0 Å². The van der Waals surface area contributed by atoms with Crippen LogP contribution in [-0.2, 0) is 36.3 Å². The van der Waals surface area contributed by atoms with Crippen molar-refractivity contribution in [1.82, 2.24) is 10.2 Å². The van der Waals surface area contributed by atoms with Gasteiger partial charge in [0, 0.05) is 0 Å². The van der Waals surface area contributed by atoms with Gasteiger partial charge in [0.15, 0.2) is 0 Å². The van der Waals surface area contributed by atoms with Crippen LogP contribution in [0.2, 0.25) is 0 Å². The molecule has 0 saturated carbocycles. The quantitative estimate of drug-likeness (QED) is 0.393. The van der Waals surface area contributed by atoms with E-state index in [9.17, 15) is 18.6 Å². The van der Waals surface area contributed by atoms with Gasteiger partial charge in [-0.3, -0.25) is 13.8 Å². The van der Waals surface area contributed by atoms with Crippen LogP contribution in [0.4, 0.5) is 0 Å². The van der Waals surface area contributed by atoms with E-state index in [1.807, 2.05) is 6.07 Å². The summed E-state index contributed by atoms with van der Waals surface area (Å²) in [5.41, 5.74) is 0.787. The van der Waals surface area contributed by atoms with E-state index in [2.05, 4.69) is 5.32 Å². The number of nitrogens with zero attached hydrogens (tertiary/aromatic N) is 1. The molecule has 2 saturated heterocycles. The number of carbonyl (C=O) groups is 3. The molecule has 0 aliphatic carbocycles. The summed E-state index contributed by atoms with van der Waals surface area (Å²) in [5, 5.41) is 1.81. The van der Waals surface area contributed by atoms with Gasteiger partial charge in [-0.05, 0) is 19.4 Å². The Morgan fingerprint density at radius 3 is 2.45 bits per heavy atom. The molecule has 0 unspecified atom stereocenters. The molecule has 2 fully saturated rings. The molecule has 2 aliphatic rings. The summed E-state index contributed by atoms with van der Waals surface area (Å²) in [6.45, 7) is 2.69. The first-order valence-electron chi connectivity index (χ1n) is 8.73. The molecule has 1 aromatic carbocycles. The smallest absolute Gasteiger partial charge is 0.330 e. The second-order valence-corrected chi connectivity index (χ2v) is 12.0. The summed E-state index contributed by atoms with van der Waals surface area (Å²) >= 11 is 16.8. The highest BCUT2D eigenvalue weighted by molar-refractivity contribution is 7.87. The lowest BCUT2D eigenvalue weighted by molar-refractivity contribution is -0.164. The summed E-state index contributed by atoms with van der Waals surface area (Å²) in [5.74, 6) is -1.67. The number of hydrogen-bond donors (Lipinski definition) is 1. The zero-order chi connectivity index (χ0) is 21.6. The summed E-state index contributed by atoms with van der Waals surface area (Å²) in [4.78, 5) is 38.7. The minimum absolute atomic E-state index is 0.0854. The third-order valence-corrected chi connectivity index (χ3v) is 7.41. The summed E-state index contributed by atoms with van der Waals surface area (Å²) < 4.78 is 15.1. The Balaban J connectivity index is 1.71. The van der Waals surface area contributed by atoms with E-state index in [-0.39, 0.29) is 12.3 Å². The average Bonchev–Trinajstić information content (AvgIpc) is 2.82. The number of fused-ring (bicyclic) bond motifs is 1. The highest BCUT2D eigenvalue weighted by Crippen LogP contribution is 2.44. The van der Waals surface area contributed by atoms with E-state index in [1.165, 1.54) is 4.90 Å². The van der Waals surface area contributed by atoms with E-state index < -0.39 is 55.3 Å². The Bertz CT molecular complexity index is 859. The Kier molecular flexibility index (Phi) is 6.21. The molecule has 4 atom stereocenters. The summed E-state index contributed by atoms with van der Waals surface area (Å²) in [7, 11) is -1.62. The maximum Gasteiger partial charge on any atom is 0.330 e. The number of amides is 2. The normalized spacial score (nSPS) is 27.8. The summed E-state index contributed by atoms with van der Waals surface area (Å²) in [6.07, 6.45) is 0.0854. The predicted octanol–water partition coefficient (Wildman–Crippen LogP) is 1.71. The number of rotatable bonds is 5. The number of ether oxygens (including phenoxy) is 1. The third kappa shape index (κ3) is 4.40. The first-order valence-corrected chi connectivity index (χ1v) is 11.1. The fraction of sp³-hybridized carbons (Fsp3) is 0.500. The lowest BCUT2D eigenvalue weighted by atomic mass is 9.96. The zero-order valence-corrected chi connectivity index (χ0v) is 18.6. The molecule has 2 heterocycles. The van der Waals surface area contributed by atoms with Crippen molar-refractivity contribution in [2.75, 3.05) is 6.61 Å². The Hall–Kier alpha value is -1.35.